The molecule has 1 heterocycles. The zero-order chi connectivity index (χ0) is 14.8. The van der Waals surface area contributed by atoms with E-state index in [0.717, 1.165) is 39.3 Å². The highest BCUT2D eigenvalue weighted by atomic mass is 16.5. The molecule has 0 aromatic heterocycles. The number of ketones is 1. The number of hydrogen-bond donors (Lipinski definition) is 1. The maximum absolute atomic E-state index is 12.5. The number of Topliss-reactive ketones (excluding diaryl/α,β-unsaturated/α-hetero) is 1. The molecule has 5 nitrogen and oxygen atoms in total. The van der Waals surface area contributed by atoms with E-state index >= 15 is 0 Å². The summed E-state index contributed by atoms with van der Waals surface area (Å²) >= 11 is 0. The molecule has 1 amide bonds. The van der Waals surface area contributed by atoms with Crippen LogP contribution in [0.2, 0.25) is 0 Å². The minimum absolute atomic E-state index is 0.0558. The Balaban J connectivity index is 1.50. The number of amides is 1. The number of rotatable bonds is 5. The topological polar surface area (TPSA) is 58.6 Å². The summed E-state index contributed by atoms with van der Waals surface area (Å²) < 4.78 is 5.31. The minimum atomic E-state index is -0.151. The smallest absolute Gasteiger partial charge is 0.224 e. The Hall–Kier alpha value is -1.20. The third-order valence-corrected chi connectivity index (χ3v) is 5.06. The van der Waals surface area contributed by atoms with E-state index in [4.69, 9.17) is 4.74 Å². The Labute approximate surface area is 125 Å². The molecule has 3 aliphatic rings. The van der Waals surface area contributed by atoms with Crippen LogP contribution >= 0.6 is 0 Å². The van der Waals surface area contributed by atoms with Gasteiger partial charge in [0.15, 0.2) is 0 Å². The maximum atomic E-state index is 12.5. The second-order valence-electron chi connectivity index (χ2n) is 6.36. The minimum Gasteiger partial charge on any atom is -0.379 e. The van der Waals surface area contributed by atoms with E-state index in [1.54, 1.807) is 6.92 Å². The number of ether oxygens (including phenoxy) is 1. The van der Waals surface area contributed by atoms with Gasteiger partial charge in [-0.05, 0) is 25.2 Å². The number of nitrogens with one attached hydrogen (secondary N) is 1. The van der Waals surface area contributed by atoms with Crippen molar-refractivity contribution in [3.8, 4) is 0 Å². The number of morpholine rings is 1. The number of carbonyl (C=O) groups is 2. The second-order valence-corrected chi connectivity index (χ2v) is 6.36. The van der Waals surface area contributed by atoms with Crippen molar-refractivity contribution in [2.45, 2.75) is 13.3 Å². The first-order chi connectivity index (χ1) is 10.2. The molecule has 116 valence electrons. The fraction of sp³-hybridized carbons (Fsp3) is 0.750. The van der Waals surface area contributed by atoms with Gasteiger partial charge < -0.3 is 10.1 Å². The number of hydrogen-bond acceptors (Lipinski definition) is 4. The molecule has 21 heavy (non-hydrogen) atoms. The molecule has 1 N–H and O–H groups in total. The second kappa shape index (κ2) is 6.28. The molecule has 0 aromatic rings. The summed E-state index contributed by atoms with van der Waals surface area (Å²) in [6.45, 7) is 6.55. The van der Waals surface area contributed by atoms with Crippen LogP contribution in [0.1, 0.15) is 13.3 Å². The van der Waals surface area contributed by atoms with Crippen LogP contribution < -0.4 is 5.32 Å². The van der Waals surface area contributed by atoms with Crippen LogP contribution in [0.25, 0.3) is 0 Å². The van der Waals surface area contributed by atoms with E-state index in [-0.39, 0.29) is 35.4 Å². The monoisotopic (exact) mass is 292 g/mol. The van der Waals surface area contributed by atoms with Crippen molar-refractivity contribution in [1.29, 1.82) is 0 Å². The highest BCUT2D eigenvalue weighted by Gasteiger charge is 2.49. The number of nitrogens with zero attached hydrogens (tertiary/aromatic N) is 1. The molecule has 3 rings (SSSR count). The molecule has 0 spiro atoms. The van der Waals surface area contributed by atoms with Gasteiger partial charge in [0.2, 0.25) is 5.91 Å². The molecule has 0 aromatic carbocycles. The Morgan fingerprint density at radius 1 is 1.19 bits per heavy atom. The Morgan fingerprint density at radius 2 is 1.86 bits per heavy atom. The van der Waals surface area contributed by atoms with Gasteiger partial charge in [0.05, 0.1) is 19.1 Å². The van der Waals surface area contributed by atoms with Crippen LogP contribution in [0.3, 0.4) is 0 Å². The van der Waals surface area contributed by atoms with E-state index in [9.17, 15) is 9.59 Å². The van der Waals surface area contributed by atoms with Gasteiger partial charge in [-0.15, -0.1) is 0 Å². The summed E-state index contributed by atoms with van der Waals surface area (Å²) in [5.41, 5.74) is 0. The van der Waals surface area contributed by atoms with Crippen LogP contribution in [-0.4, -0.2) is 56.0 Å². The van der Waals surface area contributed by atoms with Gasteiger partial charge in [-0.2, -0.15) is 0 Å². The lowest BCUT2D eigenvalue weighted by atomic mass is 9.80. The Kier molecular flexibility index (Phi) is 4.40. The van der Waals surface area contributed by atoms with Crippen molar-refractivity contribution in [2.24, 2.45) is 23.7 Å². The number of carbonyl (C=O) groups excluding carboxylic acids is 2. The van der Waals surface area contributed by atoms with Crippen molar-refractivity contribution >= 4 is 11.7 Å². The first kappa shape index (κ1) is 14.7. The fourth-order valence-electron chi connectivity index (χ4n) is 4.01. The van der Waals surface area contributed by atoms with Gasteiger partial charge in [-0.25, -0.2) is 0 Å². The van der Waals surface area contributed by atoms with E-state index in [2.05, 4.69) is 22.4 Å². The molecule has 2 aliphatic carbocycles. The van der Waals surface area contributed by atoms with Crippen molar-refractivity contribution in [3.05, 3.63) is 12.2 Å². The van der Waals surface area contributed by atoms with Gasteiger partial charge in [-0.3, -0.25) is 14.5 Å². The summed E-state index contributed by atoms with van der Waals surface area (Å²) in [7, 11) is 0. The third-order valence-electron chi connectivity index (χ3n) is 5.06. The summed E-state index contributed by atoms with van der Waals surface area (Å²) in [4.78, 5) is 26.6. The van der Waals surface area contributed by atoms with E-state index < -0.39 is 0 Å². The number of allylic oxidation sites excluding steroid dienone is 2. The summed E-state index contributed by atoms with van der Waals surface area (Å²) in [6, 6.07) is 0. The fourth-order valence-corrected chi connectivity index (χ4v) is 4.01. The molecule has 1 aliphatic heterocycles. The Morgan fingerprint density at radius 3 is 2.52 bits per heavy atom. The van der Waals surface area contributed by atoms with Crippen molar-refractivity contribution in [3.63, 3.8) is 0 Å². The molecule has 1 saturated heterocycles. The standard InChI is InChI=1S/C16H24N2O3/c1-11(19)14-12-2-3-13(10-12)15(14)16(20)17-4-5-18-6-8-21-9-7-18/h2-3,12-15H,4-10H2,1H3,(H,17,20). The molecule has 2 bridgehead atoms. The van der Waals surface area contributed by atoms with Crippen LogP contribution in [0.5, 0.6) is 0 Å². The maximum Gasteiger partial charge on any atom is 0.224 e. The lowest BCUT2D eigenvalue weighted by Crippen LogP contribution is -2.44. The zero-order valence-electron chi connectivity index (χ0n) is 12.6. The summed E-state index contributed by atoms with van der Waals surface area (Å²) in [6.07, 6.45) is 5.20. The first-order valence-electron chi connectivity index (χ1n) is 7.93. The van der Waals surface area contributed by atoms with E-state index in [0.29, 0.717) is 6.54 Å². The van der Waals surface area contributed by atoms with Gasteiger partial charge in [0, 0.05) is 32.1 Å². The van der Waals surface area contributed by atoms with Gasteiger partial charge >= 0.3 is 0 Å². The summed E-state index contributed by atoms with van der Waals surface area (Å²) in [5, 5.41) is 3.03. The van der Waals surface area contributed by atoms with E-state index in [1.165, 1.54) is 0 Å². The number of fused-ring (bicyclic) bond motifs is 2. The lowest BCUT2D eigenvalue weighted by Gasteiger charge is -2.28. The predicted octanol–water partition coefficient (Wildman–Crippen LogP) is 0.462. The SMILES string of the molecule is CC(=O)C1C2C=CC(C2)C1C(=O)NCCN1CCOCC1. The predicted molar refractivity (Wildman–Crippen MR) is 78.7 cm³/mol. The van der Waals surface area contributed by atoms with Crippen LogP contribution in [0, 0.1) is 23.7 Å². The molecule has 1 saturated carbocycles. The first-order valence-corrected chi connectivity index (χ1v) is 7.93. The van der Waals surface area contributed by atoms with Crippen LogP contribution in [-0.2, 0) is 14.3 Å². The van der Waals surface area contributed by atoms with Crippen molar-refractivity contribution in [2.75, 3.05) is 39.4 Å². The van der Waals surface area contributed by atoms with Crippen LogP contribution in [0.4, 0.5) is 0 Å². The highest BCUT2D eigenvalue weighted by Crippen LogP contribution is 2.48. The molecular formula is C16H24N2O3. The summed E-state index contributed by atoms with van der Waals surface area (Å²) in [5.74, 6) is 0.487. The van der Waals surface area contributed by atoms with Crippen molar-refractivity contribution < 1.29 is 14.3 Å². The normalized spacial score (nSPS) is 35.1. The Bertz CT molecular complexity index is 443. The quantitative estimate of drug-likeness (QED) is 0.748. The van der Waals surface area contributed by atoms with Gasteiger partial charge in [0.25, 0.3) is 0 Å². The largest absolute Gasteiger partial charge is 0.379 e. The van der Waals surface area contributed by atoms with Gasteiger partial charge in [0.1, 0.15) is 5.78 Å². The third kappa shape index (κ3) is 3.04. The van der Waals surface area contributed by atoms with Gasteiger partial charge in [-0.1, -0.05) is 12.2 Å². The molecular weight excluding hydrogens is 268 g/mol. The lowest BCUT2D eigenvalue weighted by molar-refractivity contribution is -0.133. The highest BCUT2D eigenvalue weighted by molar-refractivity contribution is 5.89. The average molecular weight is 292 g/mol. The molecule has 4 atom stereocenters. The molecule has 2 fully saturated rings. The van der Waals surface area contributed by atoms with E-state index in [1.807, 2.05) is 0 Å². The molecule has 4 unspecified atom stereocenters. The molecule has 0 radical (unpaired) electrons. The molecule has 5 heteroatoms. The average Bonchev–Trinajstić information content (AvgIpc) is 3.08. The zero-order valence-corrected chi connectivity index (χ0v) is 12.6. The van der Waals surface area contributed by atoms with Crippen molar-refractivity contribution in [1.82, 2.24) is 10.2 Å². The van der Waals surface area contributed by atoms with Crippen LogP contribution in [0.15, 0.2) is 12.2 Å².